The van der Waals surface area contributed by atoms with E-state index in [-0.39, 0.29) is 0 Å². The lowest BCUT2D eigenvalue weighted by Crippen LogP contribution is -2.28. The SMILES string of the molecule is CCCC(CCC)NCc1cccnn1. The van der Waals surface area contributed by atoms with Crippen LogP contribution in [0, 0.1) is 0 Å². The lowest BCUT2D eigenvalue weighted by molar-refractivity contribution is 0.439. The molecule has 0 aliphatic rings. The third-order valence-electron chi connectivity index (χ3n) is 2.47. The van der Waals surface area contributed by atoms with Crippen LogP contribution in [0.2, 0.25) is 0 Å². The van der Waals surface area contributed by atoms with Crippen molar-refractivity contribution in [2.24, 2.45) is 0 Å². The molecular formula is C12H21N3. The molecule has 0 amide bonds. The van der Waals surface area contributed by atoms with Crippen LogP contribution in [0.4, 0.5) is 0 Å². The standard InChI is InChI=1S/C12H21N3/c1-3-6-11(7-4-2)13-10-12-8-5-9-14-15-12/h5,8-9,11,13H,3-4,6-7,10H2,1-2H3. The molecule has 0 aliphatic carbocycles. The third-order valence-corrected chi connectivity index (χ3v) is 2.47. The van der Waals surface area contributed by atoms with E-state index in [2.05, 4.69) is 29.4 Å². The van der Waals surface area contributed by atoms with Gasteiger partial charge < -0.3 is 5.32 Å². The molecule has 0 aromatic carbocycles. The van der Waals surface area contributed by atoms with Crippen LogP contribution in [-0.2, 0) is 6.54 Å². The molecule has 0 radical (unpaired) electrons. The molecule has 0 fully saturated rings. The Hall–Kier alpha value is -0.960. The van der Waals surface area contributed by atoms with Gasteiger partial charge in [0, 0.05) is 18.8 Å². The first-order valence-corrected chi connectivity index (χ1v) is 5.86. The zero-order valence-corrected chi connectivity index (χ0v) is 9.74. The largest absolute Gasteiger partial charge is 0.308 e. The summed E-state index contributed by atoms with van der Waals surface area (Å²) in [5.74, 6) is 0. The Bertz CT molecular complexity index is 242. The van der Waals surface area contributed by atoms with Gasteiger partial charge in [-0.25, -0.2) is 0 Å². The fraction of sp³-hybridized carbons (Fsp3) is 0.667. The van der Waals surface area contributed by atoms with Crippen molar-refractivity contribution in [3.63, 3.8) is 0 Å². The topological polar surface area (TPSA) is 37.8 Å². The molecule has 1 heterocycles. The highest BCUT2D eigenvalue weighted by molar-refractivity contribution is 4.98. The maximum Gasteiger partial charge on any atom is 0.0769 e. The molecule has 0 atom stereocenters. The van der Waals surface area contributed by atoms with Crippen molar-refractivity contribution < 1.29 is 0 Å². The van der Waals surface area contributed by atoms with Crippen molar-refractivity contribution in [1.82, 2.24) is 15.5 Å². The van der Waals surface area contributed by atoms with E-state index < -0.39 is 0 Å². The zero-order valence-electron chi connectivity index (χ0n) is 9.74. The van der Waals surface area contributed by atoms with Crippen molar-refractivity contribution in [2.75, 3.05) is 0 Å². The lowest BCUT2D eigenvalue weighted by atomic mass is 10.1. The quantitative estimate of drug-likeness (QED) is 0.746. The Kier molecular flexibility index (Phi) is 5.93. The lowest BCUT2D eigenvalue weighted by Gasteiger charge is -2.16. The van der Waals surface area contributed by atoms with Crippen molar-refractivity contribution in [3.05, 3.63) is 24.0 Å². The Morgan fingerprint density at radius 3 is 2.53 bits per heavy atom. The molecule has 3 nitrogen and oxygen atoms in total. The van der Waals surface area contributed by atoms with Crippen LogP contribution in [0.15, 0.2) is 18.3 Å². The molecule has 0 bridgehead atoms. The maximum absolute atomic E-state index is 4.06. The fourth-order valence-electron chi connectivity index (χ4n) is 1.72. The van der Waals surface area contributed by atoms with Crippen LogP contribution >= 0.6 is 0 Å². The molecule has 0 saturated carbocycles. The van der Waals surface area contributed by atoms with E-state index in [4.69, 9.17) is 0 Å². The summed E-state index contributed by atoms with van der Waals surface area (Å²) < 4.78 is 0. The highest BCUT2D eigenvalue weighted by atomic mass is 15.1. The van der Waals surface area contributed by atoms with Crippen LogP contribution in [-0.4, -0.2) is 16.2 Å². The van der Waals surface area contributed by atoms with Gasteiger partial charge in [0.2, 0.25) is 0 Å². The van der Waals surface area contributed by atoms with Gasteiger partial charge in [-0.15, -0.1) is 0 Å². The summed E-state index contributed by atoms with van der Waals surface area (Å²) in [6.07, 6.45) is 6.66. The van der Waals surface area contributed by atoms with Gasteiger partial charge in [-0.1, -0.05) is 26.7 Å². The van der Waals surface area contributed by atoms with Gasteiger partial charge in [0.05, 0.1) is 5.69 Å². The van der Waals surface area contributed by atoms with E-state index in [9.17, 15) is 0 Å². The van der Waals surface area contributed by atoms with Crippen molar-refractivity contribution in [2.45, 2.75) is 52.1 Å². The van der Waals surface area contributed by atoms with E-state index in [1.807, 2.05) is 12.1 Å². The Balaban J connectivity index is 2.33. The average Bonchev–Trinajstić information content (AvgIpc) is 2.28. The molecule has 84 valence electrons. The minimum atomic E-state index is 0.627. The van der Waals surface area contributed by atoms with Gasteiger partial charge in [0.1, 0.15) is 0 Å². The zero-order chi connectivity index (χ0) is 10.9. The van der Waals surface area contributed by atoms with Crippen molar-refractivity contribution >= 4 is 0 Å². The summed E-state index contributed by atoms with van der Waals surface area (Å²) in [7, 11) is 0. The summed E-state index contributed by atoms with van der Waals surface area (Å²) in [5.41, 5.74) is 1.02. The summed E-state index contributed by atoms with van der Waals surface area (Å²) >= 11 is 0. The van der Waals surface area contributed by atoms with Gasteiger partial charge in [-0.05, 0) is 25.0 Å². The number of aromatic nitrogens is 2. The first-order valence-electron chi connectivity index (χ1n) is 5.86. The monoisotopic (exact) mass is 207 g/mol. The predicted molar refractivity (Wildman–Crippen MR) is 62.5 cm³/mol. The minimum absolute atomic E-state index is 0.627. The number of hydrogen-bond donors (Lipinski definition) is 1. The second-order valence-electron chi connectivity index (χ2n) is 3.87. The van der Waals surface area contributed by atoms with Gasteiger partial charge in [0.15, 0.2) is 0 Å². The smallest absolute Gasteiger partial charge is 0.0769 e. The van der Waals surface area contributed by atoms with Gasteiger partial charge in [-0.3, -0.25) is 0 Å². The van der Waals surface area contributed by atoms with E-state index in [0.717, 1.165) is 12.2 Å². The van der Waals surface area contributed by atoms with Gasteiger partial charge >= 0.3 is 0 Å². The van der Waals surface area contributed by atoms with Gasteiger partial charge in [-0.2, -0.15) is 10.2 Å². The predicted octanol–water partition coefficient (Wildman–Crippen LogP) is 2.54. The molecule has 0 aliphatic heterocycles. The fourth-order valence-corrected chi connectivity index (χ4v) is 1.72. The molecule has 1 N–H and O–H groups in total. The first-order chi connectivity index (χ1) is 7.36. The van der Waals surface area contributed by atoms with Crippen LogP contribution in [0.5, 0.6) is 0 Å². The van der Waals surface area contributed by atoms with Crippen LogP contribution in [0.3, 0.4) is 0 Å². The molecular weight excluding hydrogens is 186 g/mol. The maximum atomic E-state index is 4.06. The van der Waals surface area contributed by atoms with E-state index in [0.29, 0.717) is 6.04 Å². The minimum Gasteiger partial charge on any atom is -0.308 e. The second kappa shape index (κ2) is 7.35. The molecule has 15 heavy (non-hydrogen) atoms. The Labute approximate surface area is 92.3 Å². The number of nitrogens with one attached hydrogen (secondary N) is 1. The van der Waals surface area contributed by atoms with Crippen LogP contribution < -0.4 is 5.32 Å². The molecule has 1 aromatic rings. The molecule has 1 aromatic heterocycles. The van der Waals surface area contributed by atoms with Gasteiger partial charge in [0.25, 0.3) is 0 Å². The summed E-state index contributed by atoms with van der Waals surface area (Å²) in [6.45, 7) is 5.29. The van der Waals surface area contributed by atoms with Crippen LogP contribution in [0.25, 0.3) is 0 Å². The summed E-state index contributed by atoms with van der Waals surface area (Å²) in [5, 5.41) is 11.5. The van der Waals surface area contributed by atoms with Crippen molar-refractivity contribution in [3.8, 4) is 0 Å². The molecule has 3 heteroatoms. The Morgan fingerprint density at radius 1 is 1.27 bits per heavy atom. The first kappa shape index (κ1) is 12.1. The van der Waals surface area contributed by atoms with E-state index in [1.165, 1.54) is 25.7 Å². The highest BCUT2D eigenvalue weighted by Gasteiger charge is 2.05. The molecule has 1 rings (SSSR count). The number of rotatable bonds is 7. The van der Waals surface area contributed by atoms with Crippen molar-refractivity contribution in [1.29, 1.82) is 0 Å². The third kappa shape index (κ3) is 4.88. The van der Waals surface area contributed by atoms with E-state index in [1.54, 1.807) is 6.20 Å². The molecule has 0 saturated heterocycles. The average molecular weight is 207 g/mol. The normalized spacial score (nSPS) is 10.9. The molecule has 0 spiro atoms. The van der Waals surface area contributed by atoms with Crippen LogP contribution in [0.1, 0.15) is 45.2 Å². The highest BCUT2D eigenvalue weighted by Crippen LogP contribution is 2.05. The van der Waals surface area contributed by atoms with E-state index >= 15 is 0 Å². The second-order valence-corrected chi connectivity index (χ2v) is 3.87. The summed E-state index contributed by atoms with van der Waals surface area (Å²) in [6, 6.07) is 4.56. The number of nitrogens with zero attached hydrogens (tertiary/aromatic N) is 2. The summed E-state index contributed by atoms with van der Waals surface area (Å²) in [4.78, 5) is 0. The number of hydrogen-bond acceptors (Lipinski definition) is 3. The molecule has 0 unspecified atom stereocenters. The Morgan fingerprint density at radius 2 is 2.00 bits per heavy atom.